The molecule has 0 bridgehead atoms. The molecule has 0 radical (unpaired) electrons. The Labute approximate surface area is 169 Å². The standard InChI is InChI=1S/C22H15N3O3S/c1-13-11-15(28-14-5-3-2-4-6-14)7-8-16(13)25-17-9-10-23-21-19(17)20(24-22(25)27)18(12-26)29-21/h2-12,26H,1H3. The predicted molar refractivity (Wildman–Crippen MR) is 114 cm³/mol. The van der Waals surface area contributed by atoms with Gasteiger partial charge in [0, 0.05) is 6.20 Å². The Bertz CT molecular complexity index is 1470. The van der Waals surface area contributed by atoms with Gasteiger partial charge in [-0.05, 0) is 48.9 Å². The van der Waals surface area contributed by atoms with Crippen molar-refractivity contribution >= 4 is 38.8 Å². The van der Waals surface area contributed by atoms with Gasteiger partial charge in [-0.2, -0.15) is 4.98 Å². The first-order valence-electron chi connectivity index (χ1n) is 8.94. The van der Waals surface area contributed by atoms with E-state index in [1.165, 1.54) is 11.3 Å². The number of benzene rings is 2. The van der Waals surface area contributed by atoms with Crippen LogP contribution in [0.15, 0.2) is 65.6 Å². The van der Waals surface area contributed by atoms with Crippen LogP contribution in [0, 0.1) is 6.92 Å². The first-order valence-corrected chi connectivity index (χ1v) is 9.75. The molecule has 0 saturated heterocycles. The van der Waals surface area contributed by atoms with E-state index in [1.807, 2.05) is 55.5 Å². The Balaban J connectivity index is 1.69. The largest absolute Gasteiger partial charge is 0.514 e. The number of rotatable bonds is 3. The van der Waals surface area contributed by atoms with Crippen LogP contribution in [-0.2, 0) is 0 Å². The number of aromatic nitrogens is 3. The van der Waals surface area contributed by atoms with Crippen LogP contribution in [0.4, 0.5) is 0 Å². The van der Waals surface area contributed by atoms with Crippen molar-refractivity contribution in [1.82, 2.24) is 14.5 Å². The zero-order valence-electron chi connectivity index (χ0n) is 15.4. The average Bonchev–Trinajstić information content (AvgIpc) is 3.09. The molecule has 0 fully saturated rings. The topological polar surface area (TPSA) is 77.2 Å². The highest BCUT2D eigenvalue weighted by atomic mass is 32.1. The van der Waals surface area contributed by atoms with Gasteiger partial charge in [0.15, 0.2) is 0 Å². The van der Waals surface area contributed by atoms with Crippen molar-refractivity contribution in [2.45, 2.75) is 6.92 Å². The van der Waals surface area contributed by atoms with Gasteiger partial charge in [0.1, 0.15) is 21.8 Å². The van der Waals surface area contributed by atoms with Gasteiger partial charge >= 0.3 is 5.69 Å². The van der Waals surface area contributed by atoms with Gasteiger partial charge in [-0.1, -0.05) is 18.2 Å². The molecule has 1 N–H and O–H groups in total. The van der Waals surface area contributed by atoms with Crippen LogP contribution in [0.1, 0.15) is 5.56 Å². The number of aliphatic hydroxyl groups excluding tert-OH is 1. The number of pyridine rings is 1. The summed E-state index contributed by atoms with van der Waals surface area (Å²) in [6.07, 6.45) is 2.63. The Morgan fingerprint density at radius 3 is 2.69 bits per heavy atom. The molecule has 0 unspecified atom stereocenters. The van der Waals surface area contributed by atoms with E-state index >= 15 is 0 Å². The summed E-state index contributed by atoms with van der Waals surface area (Å²) in [6, 6.07) is 16.9. The van der Waals surface area contributed by atoms with Crippen LogP contribution in [0.5, 0.6) is 11.5 Å². The zero-order chi connectivity index (χ0) is 20.0. The van der Waals surface area contributed by atoms with E-state index in [0.717, 1.165) is 33.5 Å². The lowest BCUT2D eigenvalue weighted by Crippen LogP contribution is -2.23. The molecular weight excluding hydrogens is 386 g/mol. The highest BCUT2D eigenvalue weighted by Gasteiger charge is 2.17. The number of aryl methyl sites for hydroxylation is 1. The molecule has 0 atom stereocenters. The Morgan fingerprint density at radius 2 is 1.93 bits per heavy atom. The number of nitrogens with zero attached hydrogens (tertiary/aromatic N) is 3. The molecule has 0 aliphatic heterocycles. The highest BCUT2D eigenvalue weighted by molar-refractivity contribution is 7.17. The minimum atomic E-state index is -0.411. The third-order valence-corrected chi connectivity index (χ3v) is 5.74. The molecule has 0 spiro atoms. The number of thiophene rings is 1. The van der Waals surface area contributed by atoms with E-state index in [1.54, 1.807) is 16.8 Å². The molecule has 5 aromatic rings. The normalized spacial score (nSPS) is 12.1. The summed E-state index contributed by atoms with van der Waals surface area (Å²) in [5.74, 6) is 1.43. The maximum Gasteiger partial charge on any atom is 0.353 e. The second-order valence-electron chi connectivity index (χ2n) is 6.55. The molecule has 5 rings (SSSR count). The number of hydrogen-bond acceptors (Lipinski definition) is 6. The Hall–Kier alpha value is -3.71. The predicted octanol–water partition coefficient (Wildman–Crippen LogP) is 4.11. The van der Waals surface area contributed by atoms with Crippen molar-refractivity contribution in [3.8, 4) is 17.2 Å². The maximum atomic E-state index is 12.9. The fourth-order valence-corrected chi connectivity index (χ4v) is 4.36. The second kappa shape index (κ2) is 6.72. The summed E-state index contributed by atoms with van der Waals surface area (Å²) < 4.78 is 7.99. The van der Waals surface area contributed by atoms with Crippen molar-refractivity contribution in [3.63, 3.8) is 0 Å². The first kappa shape index (κ1) is 17.4. The third kappa shape index (κ3) is 2.83. The molecule has 0 aliphatic rings. The van der Waals surface area contributed by atoms with Crippen molar-refractivity contribution in [3.05, 3.63) is 81.4 Å². The average molecular weight is 401 g/mol. The molecule has 142 valence electrons. The van der Waals surface area contributed by atoms with Crippen molar-refractivity contribution in [1.29, 1.82) is 0 Å². The van der Waals surface area contributed by atoms with Crippen LogP contribution in [0.3, 0.4) is 0 Å². The SMILES string of the molecule is Cc1cc(Oc2ccccc2)ccc1-n1c(=O)nc2c(=CO)sc3nccc1c32. The Morgan fingerprint density at radius 1 is 1.10 bits per heavy atom. The lowest BCUT2D eigenvalue weighted by molar-refractivity contribution is 0.482. The van der Waals surface area contributed by atoms with Gasteiger partial charge in [-0.25, -0.2) is 9.78 Å². The lowest BCUT2D eigenvalue weighted by Gasteiger charge is -2.14. The summed E-state index contributed by atoms with van der Waals surface area (Å²) in [4.78, 5) is 22.2. The van der Waals surface area contributed by atoms with Gasteiger partial charge in [0.25, 0.3) is 0 Å². The number of aliphatic hydroxyl groups is 1. The fraction of sp³-hybridized carbons (Fsp3) is 0.0455. The summed E-state index contributed by atoms with van der Waals surface area (Å²) >= 11 is 1.30. The molecule has 0 aliphatic carbocycles. The molecule has 6 nitrogen and oxygen atoms in total. The van der Waals surface area contributed by atoms with Crippen LogP contribution in [-0.4, -0.2) is 19.6 Å². The van der Waals surface area contributed by atoms with E-state index in [2.05, 4.69) is 9.97 Å². The van der Waals surface area contributed by atoms with E-state index in [9.17, 15) is 9.90 Å². The van der Waals surface area contributed by atoms with E-state index in [-0.39, 0.29) is 0 Å². The third-order valence-electron chi connectivity index (χ3n) is 4.72. The molecule has 0 saturated carbocycles. The van der Waals surface area contributed by atoms with Crippen LogP contribution in [0.25, 0.3) is 33.2 Å². The minimum absolute atomic E-state index is 0.411. The molecule has 3 aromatic heterocycles. The molecule has 7 heteroatoms. The molecule has 0 amide bonds. The summed E-state index contributed by atoms with van der Waals surface area (Å²) in [6.45, 7) is 1.93. The summed E-state index contributed by atoms with van der Waals surface area (Å²) in [7, 11) is 0. The zero-order valence-corrected chi connectivity index (χ0v) is 16.2. The number of hydrogen-bond donors (Lipinski definition) is 1. The summed E-state index contributed by atoms with van der Waals surface area (Å²) in [5.41, 5.74) is 2.36. The molecule has 29 heavy (non-hydrogen) atoms. The van der Waals surface area contributed by atoms with Gasteiger partial charge in [-0.3, -0.25) is 4.57 Å². The van der Waals surface area contributed by atoms with Crippen molar-refractivity contribution in [2.24, 2.45) is 0 Å². The van der Waals surface area contributed by atoms with E-state index in [4.69, 9.17) is 4.74 Å². The smallest absolute Gasteiger partial charge is 0.353 e. The molecule has 3 heterocycles. The monoisotopic (exact) mass is 401 g/mol. The lowest BCUT2D eigenvalue weighted by atomic mass is 10.1. The maximum absolute atomic E-state index is 12.9. The van der Waals surface area contributed by atoms with Crippen LogP contribution >= 0.6 is 11.3 Å². The highest BCUT2D eigenvalue weighted by Crippen LogP contribution is 2.29. The minimum Gasteiger partial charge on any atom is -0.514 e. The second-order valence-corrected chi connectivity index (χ2v) is 7.58. The van der Waals surface area contributed by atoms with E-state index < -0.39 is 5.69 Å². The van der Waals surface area contributed by atoms with Gasteiger partial charge < -0.3 is 9.84 Å². The van der Waals surface area contributed by atoms with Crippen molar-refractivity contribution in [2.75, 3.05) is 0 Å². The molecular formula is C22H15N3O3S. The number of ether oxygens (including phenoxy) is 1. The number of para-hydroxylation sites is 1. The quantitative estimate of drug-likeness (QED) is 0.492. The van der Waals surface area contributed by atoms with Crippen LogP contribution in [0.2, 0.25) is 0 Å². The van der Waals surface area contributed by atoms with Crippen LogP contribution < -0.4 is 15.0 Å². The van der Waals surface area contributed by atoms with Crippen molar-refractivity contribution < 1.29 is 9.84 Å². The fourth-order valence-electron chi connectivity index (χ4n) is 3.44. The Kier molecular flexibility index (Phi) is 4.03. The van der Waals surface area contributed by atoms with E-state index in [0.29, 0.717) is 21.3 Å². The van der Waals surface area contributed by atoms with Gasteiger partial charge in [0.2, 0.25) is 0 Å². The van der Waals surface area contributed by atoms with Gasteiger partial charge in [-0.15, -0.1) is 11.3 Å². The van der Waals surface area contributed by atoms with Gasteiger partial charge in [0.05, 0.1) is 27.4 Å². The summed E-state index contributed by atoms with van der Waals surface area (Å²) in [5, 5.41) is 10.3. The molecule has 2 aromatic carbocycles. The first-order chi connectivity index (χ1) is 14.2.